The number of hydrogen-bond donors (Lipinski definition) is 0. The number of rotatable bonds is 3. The molecule has 3 aromatic rings. The Bertz CT molecular complexity index is 886. The molecule has 2 heterocycles. The van der Waals surface area contributed by atoms with Gasteiger partial charge in [-0.1, -0.05) is 61.5 Å². The first-order valence-corrected chi connectivity index (χ1v) is 8.24. The quantitative estimate of drug-likeness (QED) is 0.735. The Balaban J connectivity index is 1.76. The second kappa shape index (κ2) is 5.96. The number of benzene rings is 2. The van der Waals surface area contributed by atoms with Crippen molar-refractivity contribution in [3.63, 3.8) is 0 Å². The van der Waals surface area contributed by atoms with Gasteiger partial charge >= 0.3 is 0 Å². The fraction of sp³-hybridized carbons (Fsp3) is 0.200. The van der Waals surface area contributed by atoms with E-state index in [0.717, 1.165) is 22.5 Å². The maximum Gasteiger partial charge on any atom is 0.225 e. The third kappa shape index (κ3) is 2.50. The molecule has 1 saturated heterocycles. The minimum atomic E-state index is 0.190. The molecule has 0 spiro atoms. The summed E-state index contributed by atoms with van der Waals surface area (Å²) < 4.78 is 0. The van der Waals surface area contributed by atoms with E-state index in [2.05, 4.69) is 35.2 Å². The van der Waals surface area contributed by atoms with E-state index < -0.39 is 0 Å². The van der Waals surface area contributed by atoms with Gasteiger partial charge in [-0.3, -0.25) is 4.79 Å². The zero-order valence-corrected chi connectivity index (χ0v) is 13.6. The molecule has 2 aromatic carbocycles. The van der Waals surface area contributed by atoms with Crippen molar-refractivity contribution >= 4 is 22.5 Å². The Kier molecular flexibility index (Phi) is 3.65. The lowest BCUT2D eigenvalue weighted by Crippen LogP contribution is -2.58. The lowest BCUT2D eigenvalue weighted by atomic mass is 10.1. The highest BCUT2D eigenvalue weighted by Gasteiger charge is 2.29. The third-order valence-corrected chi connectivity index (χ3v) is 4.43. The van der Waals surface area contributed by atoms with Crippen molar-refractivity contribution < 1.29 is 4.79 Å². The molecule has 4 nitrogen and oxygen atoms in total. The average molecular weight is 317 g/mol. The van der Waals surface area contributed by atoms with Crippen LogP contribution in [0.2, 0.25) is 0 Å². The van der Waals surface area contributed by atoms with Crippen molar-refractivity contribution in [1.29, 1.82) is 0 Å². The summed E-state index contributed by atoms with van der Waals surface area (Å²) in [5.74, 6) is 1.14. The fourth-order valence-electron chi connectivity index (χ4n) is 3.06. The number of carbonyl (C=O) groups excluding carboxylic acids is 1. The summed E-state index contributed by atoms with van der Waals surface area (Å²) >= 11 is 0. The van der Waals surface area contributed by atoms with Gasteiger partial charge < -0.3 is 9.80 Å². The Labute approximate surface area is 141 Å². The predicted octanol–water partition coefficient (Wildman–Crippen LogP) is 3.88. The Hall–Kier alpha value is -2.88. The molecular formula is C20H19N3O. The van der Waals surface area contributed by atoms with Gasteiger partial charge in [0.2, 0.25) is 5.91 Å². The molecule has 0 radical (unpaired) electrons. The zero-order chi connectivity index (χ0) is 16.5. The van der Waals surface area contributed by atoms with Crippen LogP contribution in [0, 0.1) is 0 Å². The number of amides is 1. The summed E-state index contributed by atoms with van der Waals surface area (Å²) in [7, 11) is 0. The van der Waals surface area contributed by atoms with E-state index in [1.54, 1.807) is 0 Å². The van der Waals surface area contributed by atoms with Gasteiger partial charge in [-0.15, -0.1) is 0 Å². The highest BCUT2D eigenvalue weighted by Crippen LogP contribution is 2.32. The Morgan fingerprint density at radius 3 is 2.50 bits per heavy atom. The van der Waals surface area contributed by atoms with Crippen LogP contribution in [0.15, 0.2) is 60.7 Å². The van der Waals surface area contributed by atoms with E-state index in [-0.39, 0.29) is 5.91 Å². The van der Waals surface area contributed by atoms with Gasteiger partial charge in [0.1, 0.15) is 5.82 Å². The number of fused-ring (bicyclic) bond motifs is 1. The van der Waals surface area contributed by atoms with Crippen molar-refractivity contribution in [3.05, 3.63) is 60.7 Å². The van der Waals surface area contributed by atoms with Crippen molar-refractivity contribution in [2.24, 2.45) is 0 Å². The lowest BCUT2D eigenvalue weighted by molar-refractivity contribution is -0.134. The molecule has 0 bridgehead atoms. The molecule has 0 atom stereocenters. The van der Waals surface area contributed by atoms with E-state index in [1.807, 2.05) is 42.2 Å². The van der Waals surface area contributed by atoms with Crippen LogP contribution >= 0.6 is 0 Å². The fourth-order valence-corrected chi connectivity index (χ4v) is 3.06. The molecule has 0 unspecified atom stereocenters. The van der Waals surface area contributed by atoms with Crippen molar-refractivity contribution in [3.8, 4) is 11.3 Å². The topological polar surface area (TPSA) is 36.4 Å². The normalized spacial score (nSPS) is 13.9. The van der Waals surface area contributed by atoms with E-state index in [1.165, 1.54) is 5.39 Å². The smallest absolute Gasteiger partial charge is 0.225 e. The number of pyridine rings is 1. The van der Waals surface area contributed by atoms with Crippen LogP contribution in [-0.2, 0) is 4.79 Å². The zero-order valence-electron chi connectivity index (χ0n) is 13.6. The van der Waals surface area contributed by atoms with Crippen molar-refractivity contribution in [2.75, 3.05) is 18.2 Å². The second-order valence-corrected chi connectivity index (χ2v) is 6.03. The van der Waals surface area contributed by atoms with Crippen molar-refractivity contribution in [2.45, 2.75) is 13.3 Å². The summed E-state index contributed by atoms with van der Waals surface area (Å²) in [6.45, 7) is 3.12. The molecule has 1 aliphatic rings. The molecule has 0 saturated carbocycles. The molecule has 120 valence electrons. The molecule has 1 amide bonds. The molecule has 0 aliphatic carbocycles. The molecule has 0 N–H and O–H groups in total. The van der Waals surface area contributed by atoms with Crippen molar-refractivity contribution in [1.82, 2.24) is 9.88 Å². The number of aromatic nitrogens is 1. The SMILES string of the molecule is CCC(=O)N1CN(c2nc(-c3ccccc3)cc3ccccc23)C1. The molecular weight excluding hydrogens is 298 g/mol. The molecule has 1 aliphatic heterocycles. The van der Waals surface area contributed by atoms with Crippen LogP contribution < -0.4 is 4.90 Å². The molecule has 4 rings (SSSR count). The standard InChI is InChI=1S/C20H19N3O/c1-2-19(24)22-13-23(14-22)20-17-11-7-6-10-16(17)12-18(21-20)15-8-4-3-5-9-15/h3-12H,2,13-14H2,1H3. The van der Waals surface area contributed by atoms with Gasteiger partial charge in [0, 0.05) is 17.4 Å². The number of carbonyl (C=O) groups is 1. The summed E-state index contributed by atoms with van der Waals surface area (Å²) in [6.07, 6.45) is 0.548. The highest BCUT2D eigenvalue weighted by molar-refractivity contribution is 5.95. The predicted molar refractivity (Wildman–Crippen MR) is 96.5 cm³/mol. The van der Waals surface area contributed by atoms with Gasteiger partial charge in [-0.05, 0) is 11.5 Å². The third-order valence-electron chi connectivity index (χ3n) is 4.43. The maximum absolute atomic E-state index is 11.8. The van der Waals surface area contributed by atoms with E-state index >= 15 is 0 Å². The summed E-state index contributed by atoms with van der Waals surface area (Å²) in [5.41, 5.74) is 2.07. The van der Waals surface area contributed by atoms with Crippen LogP contribution in [0.25, 0.3) is 22.0 Å². The summed E-state index contributed by atoms with van der Waals surface area (Å²) in [4.78, 5) is 20.7. The van der Waals surface area contributed by atoms with E-state index in [4.69, 9.17) is 4.98 Å². The van der Waals surface area contributed by atoms with Gasteiger partial charge in [-0.2, -0.15) is 0 Å². The monoisotopic (exact) mass is 317 g/mol. The van der Waals surface area contributed by atoms with Crippen LogP contribution in [0.1, 0.15) is 13.3 Å². The minimum absolute atomic E-state index is 0.190. The van der Waals surface area contributed by atoms with Gasteiger partial charge in [-0.25, -0.2) is 4.98 Å². The molecule has 24 heavy (non-hydrogen) atoms. The van der Waals surface area contributed by atoms with Gasteiger partial charge in [0.25, 0.3) is 0 Å². The van der Waals surface area contributed by atoms with E-state index in [0.29, 0.717) is 19.8 Å². The van der Waals surface area contributed by atoms with Crippen LogP contribution in [0.3, 0.4) is 0 Å². The van der Waals surface area contributed by atoms with Gasteiger partial charge in [0.05, 0.1) is 19.0 Å². The molecule has 1 fully saturated rings. The largest absolute Gasteiger partial charge is 0.320 e. The van der Waals surface area contributed by atoms with Gasteiger partial charge in [0.15, 0.2) is 0 Å². The molecule has 1 aromatic heterocycles. The first kappa shape index (κ1) is 14.7. The summed E-state index contributed by atoms with van der Waals surface area (Å²) in [6, 6.07) is 20.6. The Morgan fingerprint density at radius 2 is 1.75 bits per heavy atom. The average Bonchev–Trinajstić information content (AvgIpc) is 2.60. The number of anilines is 1. The van der Waals surface area contributed by atoms with Crippen LogP contribution in [0.5, 0.6) is 0 Å². The second-order valence-electron chi connectivity index (χ2n) is 6.03. The van der Waals surface area contributed by atoms with E-state index in [9.17, 15) is 4.79 Å². The first-order valence-electron chi connectivity index (χ1n) is 8.24. The van der Waals surface area contributed by atoms with Crippen LogP contribution in [-0.4, -0.2) is 29.1 Å². The maximum atomic E-state index is 11.8. The van der Waals surface area contributed by atoms with Crippen LogP contribution in [0.4, 0.5) is 5.82 Å². The number of nitrogens with zero attached hydrogens (tertiary/aromatic N) is 3. The molecule has 4 heteroatoms. The minimum Gasteiger partial charge on any atom is -0.320 e. The highest BCUT2D eigenvalue weighted by atomic mass is 16.2. The Morgan fingerprint density at radius 1 is 1.04 bits per heavy atom. The number of hydrogen-bond acceptors (Lipinski definition) is 3. The first-order chi connectivity index (χ1) is 11.8. The lowest BCUT2D eigenvalue weighted by Gasteiger charge is -2.43. The summed E-state index contributed by atoms with van der Waals surface area (Å²) in [5, 5.41) is 2.29.